The van der Waals surface area contributed by atoms with Crippen molar-refractivity contribution in [2.45, 2.75) is 84.0 Å². The molecule has 2 aliphatic rings. The van der Waals surface area contributed by atoms with Gasteiger partial charge in [0.2, 0.25) is 5.91 Å². The lowest BCUT2D eigenvalue weighted by Gasteiger charge is -2.31. The number of rotatable bonds is 14. The van der Waals surface area contributed by atoms with Crippen LogP contribution in [0, 0.1) is 17.8 Å². The maximum atomic E-state index is 13.7. The molecule has 2 aromatic rings. The lowest BCUT2D eigenvalue weighted by Crippen LogP contribution is -2.49. The van der Waals surface area contributed by atoms with Crippen molar-refractivity contribution in [3.05, 3.63) is 30.0 Å². The van der Waals surface area contributed by atoms with Gasteiger partial charge in [0.15, 0.2) is 18.2 Å². The van der Waals surface area contributed by atoms with E-state index in [4.69, 9.17) is 18.9 Å². The zero-order valence-corrected chi connectivity index (χ0v) is 26.1. The molecule has 0 spiro atoms. The summed E-state index contributed by atoms with van der Waals surface area (Å²) in [5.74, 6) is -4.02. The van der Waals surface area contributed by atoms with Crippen molar-refractivity contribution in [1.82, 2.24) is 10.3 Å². The second-order valence-corrected chi connectivity index (χ2v) is 12.3. The number of fused-ring (bicyclic) bond motifs is 1. The van der Waals surface area contributed by atoms with E-state index in [9.17, 15) is 24.0 Å². The number of esters is 1. The summed E-state index contributed by atoms with van der Waals surface area (Å²) in [5.41, 5.74) is 1.10. The molecule has 2 heterocycles. The number of benzene rings is 1. The lowest BCUT2D eigenvalue weighted by atomic mass is 9.82. The zero-order valence-electron chi connectivity index (χ0n) is 26.1. The maximum absolute atomic E-state index is 13.7. The summed E-state index contributed by atoms with van der Waals surface area (Å²) in [6, 6.07) is 6.12. The van der Waals surface area contributed by atoms with Crippen LogP contribution in [0.2, 0.25) is 0 Å². The Morgan fingerprint density at radius 2 is 1.86 bits per heavy atom. The molecule has 0 radical (unpaired) electrons. The van der Waals surface area contributed by atoms with Crippen LogP contribution in [0.15, 0.2) is 24.3 Å². The summed E-state index contributed by atoms with van der Waals surface area (Å²) in [4.78, 5) is 69.0. The molecule has 240 valence electrons. The summed E-state index contributed by atoms with van der Waals surface area (Å²) in [6.45, 7) is 5.39. The van der Waals surface area contributed by atoms with Crippen LogP contribution in [0.4, 0.5) is 0 Å². The van der Waals surface area contributed by atoms with Crippen molar-refractivity contribution < 1.29 is 42.9 Å². The molecule has 3 atom stereocenters. The van der Waals surface area contributed by atoms with Gasteiger partial charge in [0, 0.05) is 42.5 Å². The largest absolute Gasteiger partial charge is 0.496 e. The molecule has 2 N–H and O–H groups in total. The SMILES string of the molecule is COc1cccc2[nH]c(C(=O)C[C@@H](CC(C)C)C(=O)N[C@@H](C[C@@H]3CCCCC3=O)C(=O)COC(=O)C3(C)OCCCO3)cc12. The van der Waals surface area contributed by atoms with Crippen LogP contribution < -0.4 is 10.1 Å². The number of nitrogens with one attached hydrogen (secondary N) is 2. The molecular weight excluding hydrogens is 568 g/mol. The van der Waals surface area contributed by atoms with Crippen LogP contribution in [0.5, 0.6) is 5.75 Å². The number of ketones is 3. The Balaban J connectivity index is 1.48. The second-order valence-electron chi connectivity index (χ2n) is 12.3. The van der Waals surface area contributed by atoms with Gasteiger partial charge in [-0.15, -0.1) is 0 Å². The van der Waals surface area contributed by atoms with Crippen LogP contribution in [0.25, 0.3) is 10.9 Å². The zero-order chi connectivity index (χ0) is 31.9. The molecule has 4 rings (SSSR count). The molecule has 11 nitrogen and oxygen atoms in total. The van der Waals surface area contributed by atoms with E-state index >= 15 is 0 Å². The average molecular weight is 613 g/mol. The molecule has 1 aromatic carbocycles. The summed E-state index contributed by atoms with van der Waals surface area (Å²) in [6.07, 6.45) is 3.78. The van der Waals surface area contributed by atoms with Gasteiger partial charge in [0.25, 0.3) is 5.79 Å². The van der Waals surface area contributed by atoms with Gasteiger partial charge in [-0.2, -0.15) is 0 Å². The Morgan fingerprint density at radius 1 is 1.11 bits per heavy atom. The number of aromatic amines is 1. The maximum Gasteiger partial charge on any atom is 0.366 e. The van der Waals surface area contributed by atoms with Crippen LogP contribution >= 0.6 is 0 Å². The number of ether oxygens (including phenoxy) is 4. The first-order valence-corrected chi connectivity index (χ1v) is 15.5. The van der Waals surface area contributed by atoms with E-state index in [1.807, 2.05) is 26.0 Å². The van der Waals surface area contributed by atoms with Crippen molar-refractivity contribution in [3.8, 4) is 5.75 Å². The highest BCUT2D eigenvalue weighted by molar-refractivity contribution is 6.02. The summed E-state index contributed by atoms with van der Waals surface area (Å²) in [5, 5.41) is 3.59. The molecule has 1 aliphatic heterocycles. The normalized spacial score (nSPS) is 19.8. The van der Waals surface area contributed by atoms with Crippen LogP contribution in [-0.4, -0.2) is 73.0 Å². The standard InChI is InChI=1S/C33H44N2O9/c1-20(2)15-22(17-28(37)26-18-23-24(34-26)10-7-12-30(23)41-4)31(39)35-25(16-21-9-5-6-11-27(21)36)29(38)19-42-32(40)33(3)43-13-8-14-44-33/h7,10,12,18,20-22,25,34H,5-6,8-9,11,13-17,19H2,1-4H3,(H,35,39)/t21-,22+,25-/m0/s1. The van der Waals surface area contributed by atoms with Crippen molar-refractivity contribution in [2.75, 3.05) is 26.9 Å². The Bertz CT molecular complexity index is 1360. The van der Waals surface area contributed by atoms with Gasteiger partial charge in [-0.25, -0.2) is 4.79 Å². The molecule has 0 unspecified atom stereocenters. The molecule has 1 aromatic heterocycles. The quantitative estimate of drug-likeness (QED) is 0.235. The van der Waals surface area contributed by atoms with E-state index in [1.54, 1.807) is 19.2 Å². The summed E-state index contributed by atoms with van der Waals surface area (Å²) in [7, 11) is 1.56. The van der Waals surface area contributed by atoms with Gasteiger partial charge in [-0.05, 0) is 56.2 Å². The average Bonchev–Trinajstić information content (AvgIpc) is 3.45. The Kier molecular flexibility index (Phi) is 11.3. The molecule has 11 heteroatoms. The molecule has 1 saturated carbocycles. The summed E-state index contributed by atoms with van der Waals surface area (Å²) >= 11 is 0. The second kappa shape index (κ2) is 14.9. The summed E-state index contributed by atoms with van der Waals surface area (Å²) < 4.78 is 21.5. The number of aromatic nitrogens is 1. The van der Waals surface area contributed by atoms with Crippen LogP contribution in [-0.2, 0) is 33.4 Å². The first kappa shape index (κ1) is 33.3. The highest BCUT2D eigenvalue weighted by Gasteiger charge is 2.40. The Hall–Kier alpha value is -3.57. The molecular formula is C33H44N2O9. The minimum Gasteiger partial charge on any atom is -0.496 e. The number of methoxy groups -OCH3 is 1. The van der Waals surface area contributed by atoms with E-state index in [-0.39, 0.29) is 36.2 Å². The number of hydrogen-bond donors (Lipinski definition) is 2. The third-order valence-electron chi connectivity index (χ3n) is 8.37. The third kappa shape index (κ3) is 8.32. The minimum absolute atomic E-state index is 0.0555. The third-order valence-corrected chi connectivity index (χ3v) is 8.37. The molecule has 1 saturated heterocycles. The number of carbonyl (C=O) groups is 5. The molecule has 2 fully saturated rings. The molecule has 1 aliphatic carbocycles. The van der Waals surface area contributed by atoms with E-state index in [0.717, 1.165) is 23.7 Å². The van der Waals surface area contributed by atoms with E-state index < -0.39 is 42.0 Å². The van der Waals surface area contributed by atoms with Gasteiger partial charge in [-0.1, -0.05) is 26.3 Å². The number of Topliss-reactive ketones (excluding diaryl/α,β-unsaturated/α-hetero) is 3. The first-order valence-electron chi connectivity index (χ1n) is 15.5. The minimum atomic E-state index is -1.61. The first-order chi connectivity index (χ1) is 21.0. The van der Waals surface area contributed by atoms with Crippen molar-refractivity contribution in [3.63, 3.8) is 0 Å². The fourth-order valence-corrected chi connectivity index (χ4v) is 5.91. The molecule has 1 amide bonds. The van der Waals surface area contributed by atoms with Crippen molar-refractivity contribution in [1.29, 1.82) is 0 Å². The molecule has 0 bridgehead atoms. The van der Waals surface area contributed by atoms with E-state index in [1.165, 1.54) is 6.92 Å². The lowest BCUT2D eigenvalue weighted by molar-refractivity contribution is -0.260. The van der Waals surface area contributed by atoms with Gasteiger partial charge < -0.3 is 29.2 Å². The van der Waals surface area contributed by atoms with Gasteiger partial charge >= 0.3 is 5.97 Å². The van der Waals surface area contributed by atoms with Crippen LogP contribution in [0.3, 0.4) is 0 Å². The topological polar surface area (TPSA) is 150 Å². The number of carbonyl (C=O) groups excluding carboxylic acids is 5. The fraction of sp³-hybridized carbons (Fsp3) is 0.606. The molecule has 44 heavy (non-hydrogen) atoms. The van der Waals surface area contributed by atoms with Crippen molar-refractivity contribution >= 4 is 40.1 Å². The Labute approximate surface area is 257 Å². The monoisotopic (exact) mass is 612 g/mol. The number of H-pyrrole nitrogens is 1. The number of hydrogen-bond acceptors (Lipinski definition) is 9. The highest BCUT2D eigenvalue weighted by Crippen LogP contribution is 2.29. The number of amides is 1. The predicted molar refractivity (Wildman–Crippen MR) is 161 cm³/mol. The van der Waals surface area contributed by atoms with Gasteiger partial charge in [0.05, 0.1) is 32.1 Å². The predicted octanol–water partition coefficient (Wildman–Crippen LogP) is 4.31. The van der Waals surface area contributed by atoms with E-state index in [0.29, 0.717) is 50.3 Å². The Morgan fingerprint density at radius 3 is 2.55 bits per heavy atom. The highest BCUT2D eigenvalue weighted by atomic mass is 16.7. The fourth-order valence-electron chi connectivity index (χ4n) is 5.91. The van der Waals surface area contributed by atoms with Crippen LogP contribution in [0.1, 0.15) is 82.6 Å². The van der Waals surface area contributed by atoms with E-state index in [2.05, 4.69) is 10.3 Å². The van der Waals surface area contributed by atoms with Gasteiger partial charge in [-0.3, -0.25) is 19.2 Å². The van der Waals surface area contributed by atoms with Gasteiger partial charge in [0.1, 0.15) is 11.5 Å². The smallest absolute Gasteiger partial charge is 0.366 e. The van der Waals surface area contributed by atoms with Crippen molar-refractivity contribution in [2.24, 2.45) is 17.8 Å².